The molecule has 5 rings (SSSR count). The van der Waals surface area contributed by atoms with Crippen molar-refractivity contribution < 1.29 is 28.6 Å². The molecule has 2 bridgehead atoms. The highest BCUT2D eigenvalue weighted by molar-refractivity contribution is 5.92. The predicted octanol–water partition coefficient (Wildman–Crippen LogP) is 6.18. The Balaban J connectivity index is 1.81. The van der Waals surface area contributed by atoms with Crippen molar-refractivity contribution >= 4 is 17.7 Å². The molecule has 6 nitrogen and oxygen atoms in total. The van der Waals surface area contributed by atoms with Gasteiger partial charge in [-0.1, -0.05) is 77.8 Å². The van der Waals surface area contributed by atoms with Crippen LogP contribution in [0.15, 0.2) is 41.5 Å². The summed E-state index contributed by atoms with van der Waals surface area (Å²) in [6.07, 6.45) is 0.346. The van der Waals surface area contributed by atoms with Crippen LogP contribution < -0.4 is 0 Å². The second kappa shape index (κ2) is 9.02. The van der Waals surface area contributed by atoms with E-state index in [9.17, 15) is 14.4 Å². The van der Waals surface area contributed by atoms with E-state index in [1.807, 2.05) is 25.1 Å². The molecule has 1 aromatic rings. The van der Waals surface area contributed by atoms with Crippen molar-refractivity contribution in [1.29, 1.82) is 0 Å². The van der Waals surface area contributed by atoms with E-state index in [2.05, 4.69) is 48.5 Å². The van der Waals surface area contributed by atoms with Crippen molar-refractivity contribution in [2.75, 3.05) is 6.61 Å². The summed E-state index contributed by atoms with van der Waals surface area (Å²) in [4.78, 5) is 41.4. The first-order valence-electron chi connectivity index (χ1n) is 14.5. The highest BCUT2D eigenvalue weighted by Crippen LogP contribution is 2.69. The van der Waals surface area contributed by atoms with E-state index in [4.69, 9.17) is 14.2 Å². The molecule has 1 heterocycles. The van der Waals surface area contributed by atoms with Crippen LogP contribution in [-0.2, 0) is 23.8 Å². The zero-order chi connectivity index (χ0) is 28.7. The van der Waals surface area contributed by atoms with Crippen LogP contribution in [0.3, 0.4) is 0 Å². The molecular formula is C33H44O6. The molecule has 4 aliphatic rings. The highest BCUT2D eigenvalue weighted by Gasteiger charge is 2.75. The summed E-state index contributed by atoms with van der Waals surface area (Å²) in [6.45, 7) is 18.8. The predicted molar refractivity (Wildman–Crippen MR) is 148 cm³/mol. The second-order valence-electron chi connectivity index (χ2n) is 13.8. The van der Waals surface area contributed by atoms with Gasteiger partial charge in [-0.2, -0.15) is 0 Å². The number of rotatable bonds is 3. The van der Waals surface area contributed by atoms with Crippen LogP contribution >= 0.6 is 0 Å². The third-order valence-electron chi connectivity index (χ3n) is 11.7. The van der Waals surface area contributed by atoms with Crippen molar-refractivity contribution in [3.8, 4) is 0 Å². The van der Waals surface area contributed by atoms with Crippen molar-refractivity contribution in [3.05, 3.63) is 47.0 Å². The van der Waals surface area contributed by atoms with Gasteiger partial charge in [-0.25, -0.2) is 4.79 Å². The number of carbonyl (C=O) groups is 3. The van der Waals surface area contributed by atoms with Gasteiger partial charge >= 0.3 is 11.9 Å². The lowest BCUT2D eigenvalue weighted by molar-refractivity contribution is -0.334. The molecule has 6 heteroatoms. The number of ether oxygens (including phenoxy) is 3. The molecule has 0 aromatic heterocycles. The van der Waals surface area contributed by atoms with Gasteiger partial charge in [0.05, 0.1) is 18.1 Å². The molecule has 1 aliphatic heterocycles. The third kappa shape index (κ3) is 3.66. The van der Waals surface area contributed by atoms with Gasteiger partial charge in [-0.3, -0.25) is 9.59 Å². The first kappa shape index (κ1) is 28.1. The molecule has 9 atom stereocenters. The lowest BCUT2D eigenvalue weighted by Gasteiger charge is -2.69. The minimum absolute atomic E-state index is 0.0618. The first-order chi connectivity index (χ1) is 18.1. The minimum Gasteiger partial charge on any atom is -0.458 e. The standard InChI is InChI=1S/C33H44O6/c1-18-16-31(8)28(38-29(36)23-13-11-10-12-14-23)26-32(9,27(35)21(4)25(20(18)3)30(31,6)7)19(2)15-24-33(26,17-37-24)39-22(5)34/h10-14,18-19,21,24,26,28H,15-17H2,1-9H3/t18-,19-,21+,24?,26?,28?,31-,32+,33-/m0/s1. The number of ketones is 1. The molecular weight excluding hydrogens is 492 g/mol. The van der Waals surface area contributed by atoms with E-state index in [1.54, 1.807) is 12.1 Å². The van der Waals surface area contributed by atoms with Crippen LogP contribution in [0, 0.1) is 39.9 Å². The van der Waals surface area contributed by atoms with Gasteiger partial charge in [0.1, 0.15) is 18.0 Å². The molecule has 1 saturated heterocycles. The Morgan fingerprint density at radius 1 is 1.03 bits per heavy atom. The van der Waals surface area contributed by atoms with Gasteiger partial charge in [0, 0.05) is 23.7 Å². The van der Waals surface area contributed by atoms with Crippen LogP contribution in [0.4, 0.5) is 0 Å². The van der Waals surface area contributed by atoms with Crippen LogP contribution in [0.1, 0.15) is 85.5 Å². The Hall–Kier alpha value is -2.47. The molecule has 1 aromatic carbocycles. The van der Waals surface area contributed by atoms with Gasteiger partial charge < -0.3 is 14.2 Å². The summed E-state index contributed by atoms with van der Waals surface area (Å²) in [6, 6.07) is 9.02. The number of carbonyl (C=O) groups excluding carboxylic acids is 3. The number of benzene rings is 1. The highest BCUT2D eigenvalue weighted by atomic mass is 16.6. The van der Waals surface area contributed by atoms with Crippen molar-refractivity contribution in [1.82, 2.24) is 0 Å². The SMILES string of the molecule is CC(=O)O[C@@]12COC1C[C@H](C)[C@@]1(C)C(=O)[C@H](C)C3=C(C)[C@@H](C)C[C@@](C)(C(OC(=O)c4ccccc4)C21)C3(C)C. The van der Waals surface area contributed by atoms with Gasteiger partial charge in [-0.05, 0) is 49.1 Å². The summed E-state index contributed by atoms with van der Waals surface area (Å²) in [7, 11) is 0. The fourth-order valence-corrected chi connectivity index (χ4v) is 9.08. The van der Waals surface area contributed by atoms with Crippen LogP contribution in [0.25, 0.3) is 0 Å². The summed E-state index contributed by atoms with van der Waals surface area (Å²) >= 11 is 0. The normalized spacial score (nSPS) is 42.7. The lowest BCUT2D eigenvalue weighted by atomic mass is 9.39. The Morgan fingerprint density at radius 2 is 1.67 bits per heavy atom. The lowest BCUT2D eigenvalue weighted by Crippen LogP contribution is -2.78. The van der Waals surface area contributed by atoms with Crippen LogP contribution in [0.5, 0.6) is 0 Å². The Kier molecular flexibility index (Phi) is 6.49. The van der Waals surface area contributed by atoms with Gasteiger partial charge in [0.2, 0.25) is 0 Å². The monoisotopic (exact) mass is 536 g/mol. The maximum absolute atomic E-state index is 14.9. The van der Waals surface area contributed by atoms with Gasteiger partial charge in [-0.15, -0.1) is 0 Å². The zero-order valence-electron chi connectivity index (χ0n) is 24.9. The summed E-state index contributed by atoms with van der Waals surface area (Å²) in [5, 5.41) is 0. The summed E-state index contributed by atoms with van der Waals surface area (Å²) < 4.78 is 19.0. The smallest absolute Gasteiger partial charge is 0.338 e. The molecule has 3 unspecified atom stereocenters. The van der Waals surface area contributed by atoms with Gasteiger partial charge in [0.15, 0.2) is 5.60 Å². The molecule has 0 N–H and O–H groups in total. The largest absolute Gasteiger partial charge is 0.458 e. The van der Waals surface area contributed by atoms with Crippen LogP contribution in [0.2, 0.25) is 0 Å². The number of hydrogen-bond acceptors (Lipinski definition) is 6. The maximum Gasteiger partial charge on any atom is 0.338 e. The van der Waals surface area contributed by atoms with Gasteiger partial charge in [0.25, 0.3) is 0 Å². The quantitative estimate of drug-likeness (QED) is 0.339. The third-order valence-corrected chi connectivity index (χ3v) is 11.7. The fraction of sp³-hybridized carbons (Fsp3) is 0.667. The number of hydrogen-bond donors (Lipinski definition) is 0. The molecule has 3 fully saturated rings. The molecule has 0 amide bonds. The molecule has 0 radical (unpaired) electrons. The summed E-state index contributed by atoms with van der Waals surface area (Å²) in [5.74, 6) is -1.42. The fourth-order valence-electron chi connectivity index (χ4n) is 9.08. The Morgan fingerprint density at radius 3 is 2.23 bits per heavy atom. The van der Waals surface area contributed by atoms with Crippen molar-refractivity contribution in [2.24, 2.45) is 39.9 Å². The number of Topliss-reactive ketones (excluding diaryl/α,β-unsaturated/α-hetero) is 1. The van der Waals surface area contributed by atoms with Crippen molar-refractivity contribution in [2.45, 2.75) is 93.0 Å². The molecule has 39 heavy (non-hydrogen) atoms. The second-order valence-corrected chi connectivity index (χ2v) is 13.8. The summed E-state index contributed by atoms with van der Waals surface area (Å²) in [5.41, 5.74) is -0.0613. The van der Waals surface area contributed by atoms with E-state index >= 15 is 0 Å². The van der Waals surface area contributed by atoms with E-state index < -0.39 is 45.8 Å². The molecule has 3 aliphatic carbocycles. The number of allylic oxidation sites excluding steroid dienone is 2. The topological polar surface area (TPSA) is 78.9 Å². The average molecular weight is 537 g/mol. The Labute approximate surface area is 232 Å². The van der Waals surface area contributed by atoms with E-state index in [0.29, 0.717) is 12.0 Å². The number of fused-ring (bicyclic) bond motifs is 5. The van der Waals surface area contributed by atoms with Crippen LogP contribution in [-0.4, -0.2) is 42.1 Å². The first-order valence-corrected chi connectivity index (χ1v) is 14.5. The minimum atomic E-state index is -1.04. The zero-order valence-corrected chi connectivity index (χ0v) is 24.9. The molecule has 212 valence electrons. The molecule has 0 spiro atoms. The van der Waals surface area contributed by atoms with E-state index in [-0.39, 0.29) is 36.2 Å². The maximum atomic E-state index is 14.9. The molecule has 2 saturated carbocycles. The van der Waals surface area contributed by atoms with Crippen molar-refractivity contribution in [3.63, 3.8) is 0 Å². The van der Waals surface area contributed by atoms with E-state index in [1.165, 1.54) is 12.5 Å². The number of esters is 2. The average Bonchev–Trinajstić information content (AvgIpc) is 2.87. The van der Waals surface area contributed by atoms with E-state index in [0.717, 1.165) is 12.0 Å². The Bertz CT molecular complexity index is 1230.